The minimum Gasteiger partial charge on any atom is -1.00 e. The first-order chi connectivity index (χ1) is 51.5. The summed E-state index contributed by atoms with van der Waals surface area (Å²) in [7, 11) is 0. The molecule has 29 heteroatoms. The van der Waals surface area contributed by atoms with Gasteiger partial charge in [0.05, 0.1) is 51.3 Å². The van der Waals surface area contributed by atoms with Crippen molar-refractivity contribution in [2.45, 2.75) is 190 Å². The van der Waals surface area contributed by atoms with Crippen LogP contribution in [0.2, 0.25) is 0 Å². The second-order valence-electron chi connectivity index (χ2n) is 28.5. The average molecular weight is 1590 g/mol. The number of aliphatic hydroxyl groups excluding tert-OH is 3. The van der Waals surface area contributed by atoms with E-state index in [2.05, 4.69) is 110 Å². The molecule has 7 N–H and O–H groups in total. The number of aromatic nitrogens is 8. The van der Waals surface area contributed by atoms with Gasteiger partial charge in [0, 0.05) is 80.9 Å². The summed E-state index contributed by atoms with van der Waals surface area (Å²) in [6.07, 6.45) is 31.0. The van der Waals surface area contributed by atoms with Crippen LogP contribution in [-0.2, 0) is 4.74 Å². The molecule has 13 atom stereocenters. The normalized spacial score (nSPS) is 22.2. The number of aldehydes is 1. The Morgan fingerprint density at radius 1 is 0.482 bits per heavy atom. The van der Waals surface area contributed by atoms with Crippen molar-refractivity contribution in [3.8, 4) is 0 Å². The van der Waals surface area contributed by atoms with E-state index >= 15 is 0 Å². The van der Waals surface area contributed by atoms with Gasteiger partial charge in [0.2, 0.25) is 23.1 Å². The van der Waals surface area contributed by atoms with Gasteiger partial charge in [-0.1, -0.05) is 67.7 Å². The number of carbonyl (C=O) groups excluding carboxylic acids is 7. The molecular weight excluding hydrogens is 1490 g/mol. The number of furan rings is 4. The van der Waals surface area contributed by atoms with Crippen LogP contribution in [0.3, 0.4) is 0 Å². The molecule has 1 aliphatic heterocycles. The first-order valence-electron chi connectivity index (χ1n) is 37.2. The molecule has 0 aromatic carbocycles. The number of nitrogens with one attached hydrogen (secondary N) is 4. The van der Waals surface area contributed by atoms with E-state index in [0.29, 0.717) is 134 Å². The van der Waals surface area contributed by atoms with Crippen LogP contribution in [0.1, 0.15) is 267 Å². The summed E-state index contributed by atoms with van der Waals surface area (Å²) < 4.78 is 26.0. The number of rotatable bonds is 24. The first-order valence-corrected chi connectivity index (χ1v) is 37.2. The fourth-order valence-corrected chi connectivity index (χ4v) is 14.5. The van der Waals surface area contributed by atoms with Crippen molar-refractivity contribution in [2.75, 3.05) is 47.7 Å². The van der Waals surface area contributed by atoms with E-state index in [9.17, 15) is 43.8 Å². The molecule has 1 saturated heterocycles. The monoisotopic (exact) mass is 1590 g/mol. The second-order valence-corrected chi connectivity index (χ2v) is 28.5. The maximum absolute atomic E-state index is 12.8. The molecule has 8 aromatic rings. The molecule has 110 heavy (non-hydrogen) atoms. The molecule has 0 amide bonds. The SMILES string of the molecule is C1CCOC1.CC(=O)c1coc(C(=O)c2cncnc2N[C@@H]2C[C@H](CO)[C@@H](C)C2)c1.CCO.CC[C@H]1C[C@@H](Nc2ncncc2C(=O)c2cc(C(C)=O)co2)C[C@@H]1C.CC[C@H]1C[C@@H](Nc2ncncc2C(=O)c2cc(C(C)O)co2)C[C@@H]1C.CC[C@H]1C[C@@H](Nc2ncncc2C(=O)c2cc(C=O)co2)C[C@@H]1C.[Br-].[CH3-].[Mg+2]. The predicted octanol–water partition coefficient (Wildman–Crippen LogP) is 10.9. The Kier molecular flexibility index (Phi) is 38.2. The fraction of sp³-hybridized carbons (Fsp3) is 0.506. The van der Waals surface area contributed by atoms with Crippen LogP contribution in [0, 0.1) is 54.8 Å². The van der Waals surface area contributed by atoms with Gasteiger partial charge >= 0.3 is 23.1 Å². The summed E-state index contributed by atoms with van der Waals surface area (Å²) in [5, 5.41) is 40.1. The third-order valence-electron chi connectivity index (χ3n) is 20.8. The largest absolute Gasteiger partial charge is 2.00 e. The Bertz CT molecular complexity index is 4080. The van der Waals surface area contributed by atoms with Gasteiger partial charge in [0.25, 0.3) is 0 Å². The molecule has 5 aliphatic rings. The summed E-state index contributed by atoms with van der Waals surface area (Å²) >= 11 is 0. The van der Waals surface area contributed by atoms with Gasteiger partial charge in [-0.25, -0.2) is 39.9 Å². The van der Waals surface area contributed by atoms with Gasteiger partial charge < -0.3 is 83.4 Å². The Labute approximate surface area is 670 Å². The van der Waals surface area contributed by atoms with Crippen molar-refractivity contribution in [1.29, 1.82) is 0 Å². The number of hydrogen-bond donors (Lipinski definition) is 7. The Hall–Kier alpha value is -8.58. The van der Waals surface area contributed by atoms with Crippen LogP contribution >= 0.6 is 0 Å². The van der Waals surface area contributed by atoms with Gasteiger partial charge in [-0.3, -0.25) is 33.6 Å². The number of ketones is 6. The van der Waals surface area contributed by atoms with E-state index in [1.165, 1.54) is 126 Å². The molecule has 0 bridgehead atoms. The van der Waals surface area contributed by atoms with E-state index < -0.39 is 6.10 Å². The maximum Gasteiger partial charge on any atom is 2.00 e. The Balaban J connectivity index is 0.000000251. The van der Waals surface area contributed by atoms with Crippen molar-refractivity contribution in [3.63, 3.8) is 0 Å². The molecule has 27 nitrogen and oxygen atoms in total. The van der Waals surface area contributed by atoms with Gasteiger partial charge in [0.1, 0.15) is 67.4 Å². The zero-order valence-electron chi connectivity index (χ0n) is 65.2. The number of Topliss-reactive ketones (excluding diaryl/α,β-unsaturated/α-hetero) is 2. The molecule has 5 fully saturated rings. The molecule has 4 saturated carbocycles. The molecule has 9 heterocycles. The van der Waals surface area contributed by atoms with Crippen molar-refractivity contribution < 1.29 is 88.3 Å². The van der Waals surface area contributed by atoms with Crippen molar-refractivity contribution in [1.82, 2.24) is 39.9 Å². The number of nitrogens with zero attached hydrogens (tertiary/aromatic N) is 8. The van der Waals surface area contributed by atoms with E-state index in [0.717, 1.165) is 77.4 Å². The molecule has 13 rings (SSSR count). The van der Waals surface area contributed by atoms with Gasteiger partial charge in [-0.15, -0.1) is 0 Å². The minimum atomic E-state index is -0.680. The third kappa shape index (κ3) is 25.5. The van der Waals surface area contributed by atoms with Crippen molar-refractivity contribution in [2.24, 2.45) is 47.3 Å². The molecular formula is C81H107BrMgN12O15. The number of anilines is 4. The van der Waals surface area contributed by atoms with E-state index in [-0.39, 0.29) is 130 Å². The zero-order chi connectivity index (χ0) is 77.3. The second kappa shape index (κ2) is 45.7. The van der Waals surface area contributed by atoms with E-state index in [1.807, 2.05) is 0 Å². The van der Waals surface area contributed by atoms with Gasteiger partial charge in [0.15, 0.2) is 40.9 Å². The number of ether oxygens (including phenoxy) is 1. The van der Waals surface area contributed by atoms with Crippen LogP contribution in [0.15, 0.2) is 117 Å². The summed E-state index contributed by atoms with van der Waals surface area (Å²) in [4.78, 5) is 117. The van der Waals surface area contributed by atoms with Crippen molar-refractivity contribution >= 4 is 87.3 Å². The average Bonchev–Trinajstić information content (AvgIpc) is 1.58. The van der Waals surface area contributed by atoms with Gasteiger partial charge in [-0.2, -0.15) is 0 Å². The Morgan fingerprint density at radius 3 is 1.03 bits per heavy atom. The minimum absolute atomic E-state index is 0. The quantitative estimate of drug-likeness (QED) is 0.0128. The Morgan fingerprint density at radius 2 is 0.782 bits per heavy atom. The maximum atomic E-state index is 12.8. The van der Waals surface area contributed by atoms with Crippen LogP contribution in [-0.4, -0.2) is 170 Å². The summed E-state index contributed by atoms with van der Waals surface area (Å²) in [6, 6.07) is 6.93. The predicted molar refractivity (Wildman–Crippen MR) is 413 cm³/mol. The van der Waals surface area contributed by atoms with E-state index in [1.54, 1.807) is 19.9 Å². The topological polar surface area (TPSA) is 393 Å². The number of aliphatic hydroxyl groups is 3. The first kappa shape index (κ1) is 92.0. The number of hydrogen-bond acceptors (Lipinski definition) is 27. The zero-order valence-corrected chi connectivity index (χ0v) is 68.2. The van der Waals surface area contributed by atoms with Crippen molar-refractivity contribution in [3.05, 3.63) is 174 Å². The molecule has 1 unspecified atom stereocenters. The summed E-state index contributed by atoms with van der Waals surface area (Å²) in [5.41, 5.74) is 3.05. The molecule has 4 aliphatic carbocycles. The van der Waals surface area contributed by atoms with Crippen LogP contribution in [0.5, 0.6) is 0 Å². The smallest absolute Gasteiger partial charge is 1.00 e. The number of halogens is 1. The molecule has 8 aromatic heterocycles. The van der Waals surface area contributed by atoms with Gasteiger partial charge in [-0.05, 0) is 164 Å². The third-order valence-corrected chi connectivity index (χ3v) is 20.8. The molecule has 0 spiro atoms. The standard InChI is InChI=1S/C19H25N3O3.C19H23N3O3.C18H21N3O4.C18H21N3O3.C4H8O.C2H6O.CH3.BrH.Mg/c2*1-4-13-6-15(5-11(13)2)22-19-16(8-20-10-21-19)18(24)17-7-14(9-25-17)12(3)23;1-10-3-14(4-12(10)7-22)21-18-15(6-19-9-20-18)17(24)16-5-13(8-25-16)11(2)23;1-3-13-6-14(4-11(13)2)21-18-15(7-19-10-20-18)17(23)16-5-12(8-22)9-24-16;1-2-4-5-3-1;1-2-3;;;/h7-13,15,23H,4-6H2,1-3H3,(H,20,21,22);7-11,13,15H,4-6H2,1-3H3,(H,20,21,22);5-6,8-10,12,14,22H,3-4,7H2,1-2H3,(H,19,20,21);5,7-11,13-14H,3-4,6H2,1-2H3,(H,19,20,21);1-4H2;3H,2H2,1H3;1H3;1H;/q;;;;;;-1;;+2/p-1/t11-,12?,13-,15-;11-,13-,15-;10-,12+,14-;11-,13-,14-;;;;;/m0000...../s1. The molecule has 590 valence electrons. The van der Waals surface area contributed by atoms with E-state index in [4.69, 9.17) is 27.5 Å². The van der Waals surface area contributed by atoms with Crippen LogP contribution in [0.25, 0.3) is 0 Å². The number of carbonyl (C=O) groups is 7. The summed E-state index contributed by atoms with van der Waals surface area (Å²) in [5.74, 6) is 5.65. The van der Waals surface area contributed by atoms with Crippen LogP contribution in [0.4, 0.5) is 23.3 Å². The fourth-order valence-electron chi connectivity index (χ4n) is 14.5. The van der Waals surface area contributed by atoms with Crippen LogP contribution < -0.4 is 38.2 Å². The molecule has 0 radical (unpaired) electrons. The summed E-state index contributed by atoms with van der Waals surface area (Å²) in [6.45, 7) is 24.2.